The van der Waals surface area contributed by atoms with Crippen molar-refractivity contribution in [3.05, 3.63) is 54.0 Å². The first-order valence-electron chi connectivity index (χ1n) is 9.65. The second-order valence-corrected chi connectivity index (χ2v) is 7.08. The van der Waals surface area contributed by atoms with Crippen LogP contribution in [0.25, 0.3) is 32.9 Å². The van der Waals surface area contributed by atoms with Crippen LogP contribution in [0.2, 0.25) is 0 Å². The largest absolute Gasteiger partial charge is 0.493 e. The highest BCUT2D eigenvalue weighted by atomic mass is 19.1. The Balaban J connectivity index is 1.94. The molecule has 0 saturated carbocycles. The van der Waals surface area contributed by atoms with Gasteiger partial charge in [-0.15, -0.1) is 0 Å². The molecule has 4 aromatic rings. The van der Waals surface area contributed by atoms with Crippen molar-refractivity contribution in [1.82, 2.24) is 9.97 Å². The van der Waals surface area contributed by atoms with Crippen molar-refractivity contribution in [2.75, 3.05) is 26.5 Å². The van der Waals surface area contributed by atoms with Crippen molar-refractivity contribution < 1.29 is 13.9 Å². The summed E-state index contributed by atoms with van der Waals surface area (Å²) in [5.74, 6) is 1.20. The fourth-order valence-corrected chi connectivity index (χ4v) is 3.65. The monoisotopic (exact) mass is 406 g/mol. The smallest absolute Gasteiger partial charge is 0.162 e. The maximum atomic E-state index is 14.3. The molecular weight excluding hydrogens is 383 g/mol. The molecule has 0 spiro atoms. The molecule has 2 aromatic carbocycles. The lowest BCUT2D eigenvalue weighted by atomic mass is 10.0. The minimum atomic E-state index is -0.314. The number of aryl methyl sites for hydroxylation is 1. The summed E-state index contributed by atoms with van der Waals surface area (Å²) in [5.41, 5.74) is 14.7. The van der Waals surface area contributed by atoms with E-state index in [9.17, 15) is 4.39 Å². The summed E-state index contributed by atoms with van der Waals surface area (Å²) < 4.78 is 25.1. The first-order chi connectivity index (χ1) is 14.5. The number of nitrogen functional groups attached to an aromatic ring is 1. The molecule has 0 unspecified atom stereocenters. The number of methoxy groups -OCH3 is 2. The van der Waals surface area contributed by atoms with Crippen LogP contribution in [0.1, 0.15) is 12.0 Å². The van der Waals surface area contributed by atoms with Crippen LogP contribution < -0.4 is 20.9 Å². The summed E-state index contributed by atoms with van der Waals surface area (Å²) >= 11 is 0. The molecule has 30 heavy (non-hydrogen) atoms. The zero-order chi connectivity index (χ0) is 21.3. The molecule has 0 aliphatic rings. The SMILES string of the molecule is COc1cc2ncc3c(N)nc(-c4cc(F)cc(CCCN)c4)cc3c2cc1OC. The summed E-state index contributed by atoms with van der Waals surface area (Å²) in [5, 5.41) is 2.43. The van der Waals surface area contributed by atoms with E-state index in [0.29, 0.717) is 41.5 Å². The Morgan fingerprint density at radius 2 is 1.70 bits per heavy atom. The zero-order valence-corrected chi connectivity index (χ0v) is 16.9. The van der Waals surface area contributed by atoms with Gasteiger partial charge in [0.25, 0.3) is 0 Å². The highest BCUT2D eigenvalue weighted by Crippen LogP contribution is 2.37. The van der Waals surface area contributed by atoms with E-state index in [1.165, 1.54) is 12.1 Å². The Hall–Kier alpha value is -3.45. The van der Waals surface area contributed by atoms with Crippen molar-refractivity contribution in [3.63, 3.8) is 0 Å². The van der Waals surface area contributed by atoms with Gasteiger partial charge in [-0.3, -0.25) is 4.98 Å². The van der Waals surface area contributed by atoms with E-state index in [1.807, 2.05) is 24.3 Å². The van der Waals surface area contributed by atoms with Crippen LogP contribution >= 0.6 is 0 Å². The minimum absolute atomic E-state index is 0.314. The fourth-order valence-electron chi connectivity index (χ4n) is 3.65. The number of nitrogens with zero attached hydrogens (tertiary/aromatic N) is 2. The molecule has 0 atom stereocenters. The van der Waals surface area contributed by atoms with Gasteiger partial charge in [0.15, 0.2) is 11.5 Å². The minimum Gasteiger partial charge on any atom is -0.493 e. The zero-order valence-electron chi connectivity index (χ0n) is 16.9. The number of rotatable bonds is 6. The molecule has 4 N–H and O–H groups in total. The van der Waals surface area contributed by atoms with Gasteiger partial charge in [-0.25, -0.2) is 9.37 Å². The molecule has 7 heteroatoms. The van der Waals surface area contributed by atoms with E-state index < -0.39 is 0 Å². The highest BCUT2D eigenvalue weighted by Gasteiger charge is 2.14. The van der Waals surface area contributed by atoms with Crippen LogP contribution in [0.15, 0.2) is 42.6 Å². The summed E-state index contributed by atoms with van der Waals surface area (Å²) in [4.78, 5) is 9.00. The van der Waals surface area contributed by atoms with Gasteiger partial charge in [0.1, 0.15) is 11.6 Å². The second-order valence-electron chi connectivity index (χ2n) is 7.08. The predicted octanol–water partition coefficient (Wildman–Crippen LogP) is 4.08. The van der Waals surface area contributed by atoms with E-state index in [0.717, 1.165) is 33.7 Å². The van der Waals surface area contributed by atoms with Crippen molar-refractivity contribution in [3.8, 4) is 22.8 Å². The topological polar surface area (TPSA) is 96.3 Å². The molecular formula is C23H23FN4O2. The normalized spacial score (nSPS) is 11.2. The van der Waals surface area contributed by atoms with Gasteiger partial charge in [0.05, 0.1) is 25.4 Å². The number of ether oxygens (including phenoxy) is 2. The van der Waals surface area contributed by atoms with Gasteiger partial charge in [-0.05, 0) is 60.7 Å². The van der Waals surface area contributed by atoms with Gasteiger partial charge in [0.2, 0.25) is 0 Å². The lowest BCUT2D eigenvalue weighted by Crippen LogP contribution is -2.01. The Labute approximate surface area is 173 Å². The molecule has 4 rings (SSSR count). The molecule has 2 aromatic heterocycles. The summed E-state index contributed by atoms with van der Waals surface area (Å²) in [6.45, 7) is 0.553. The summed E-state index contributed by atoms with van der Waals surface area (Å²) in [6, 6.07) is 10.5. The highest BCUT2D eigenvalue weighted by molar-refractivity contribution is 6.10. The van der Waals surface area contributed by atoms with Crippen molar-refractivity contribution in [2.45, 2.75) is 12.8 Å². The maximum absolute atomic E-state index is 14.3. The van der Waals surface area contributed by atoms with E-state index in [1.54, 1.807) is 20.4 Å². The second kappa shape index (κ2) is 8.12. The number of anilines is 1. The van der Waals surface area contributed by atoms with E-state index in [4.69, 9.17) is 20.9 Å². The first kappa shape index (κ1) is 19.8. The van der Waals surface area contributed by atoms with Gasteiger partial charge >= 0.3 is 0 Å². The molecule has 2 heterocycles. The average Bonchev–Trinajstić information content (AvgIpc) is 2.76. The number of hydrogen-bond acceptors (Lipinski definition) is 6. The average molecular weight is 406 g/mol. The third-order valence-electron chi connectivity index (χ3n) is 5.14. The Bertz CT molecular complexity index is 1240. The van der Waals surface area contributed by atoms with Crippen LogP contribution in [0.3, 0.4) is 0 Å². The first-order valence-corrected chi connectivity index (χ1v) is 9.65. The van der Waals surface area contributed by atoms with Crippen molar-refractivity contribution in [2.24, 2.45) is 5.73 Å². The molecule has 0 radical (unpaired) electrons. The van der Waals surface area contributed by atoms with E-state index >= 15 is 0 Å². The van der Waals surface area contributed by atoms with Gasteiger partial charge in [-0.2, -0.15) is 0 Å². The number of aromatic nitrogens is 2. The molecule has 6 nitrogen and oxygen atoms in total. The van der Waals surface area contributed by atoms with Crippen LogP contribution in [0.4, 0.5) is 10.2 Å². The number of halogens is 1. The molecule has 154 valence electrons. The van der Waals surface area contributed by atoms with E-state index in [2.05, 4.69) is 9.97 Å². The third-order valence-corrected chi connectivity index (χ3v) is 5.14. The van der Waals surface area contributed by atoms with Gasteiger partial charge < -0.3 is 20.9 Å². The van der Waals surface area contributed by atoms with Crippen molar-refractivity contribution >= 4 is 27.5 Å². The Kier molecular flexibility index (Phi) is 5.37. The Morgan fingerprint density at radius 1 is 0.933 bits per heavy atom. The number of benzene rings is 2. The molecule has 0 saturated heterocycles. The number of hydrogen-bond donors (Lipinski definition) is 2. The van der Waals surface area contributed by atoms with Crippen LogP contribution in [0, 0.1) is 5.82 Å². The molecule has 0 bridgehead atoms. The number of fused-ring (bicyclic) bond motifs is 3. The van der Waals surface area contributed by atoms with Crippen LogP contribution in [-0.4, -0.2) is 30.7 Å². The van der Waals surface area contributed by atoms with E-state index in [-0.39, 0.29) is 5.82 Å². The van der Waals surface area contributed by atoms with Gasteiger partial charge in [0, 0.05) is 28.6 Å². The maximum Gasteiger partial charge on any atom is 0.162 e. The lowest BCUT2D eigenvalue weighted by Gasteiger charge is -2.13. The Morgan fingerprint density at radius 3 is 2.43 bits per heavy atom. The quantitative estimate of drug-likeness (QED) is 0.469. The van der Waals surface area contributed by atoms with Crippen LogP contribution in [-0.2, 0) is 6.42 Å². The molecule has 0 aliphatic heterocycles. The molecule has 0 fully saturated rings. The lowest BCUT2D eigenvalue weighted by molar-refractivity contribution is 0.356. The molecule has 0 aliphatic carbocycles. The molecule has 0 amide bonds. The predicted molar refractivity (Wildman–Crippen MR) is 117 cm³/mol. The van der Waals surface area contributed by atoms with Gasteiger partial charge in [-0.1, -0.05) is 0 Å². The standard InChI is InChI=1S/C23H23FN4O2/c1-29-21-10-17-16-9-19(14-6-13(4-3-5-25)7-15(24)8-14)28-23(26)18(16)12-27-20(17)11-22(21)30-2/h6-12H,3-5,25H2,1-2H3,(H2,26,28). The third kappa shape index (κ3) is 3.59. The fraction of sp³-hybridized carbons (Fsp3) is 0.217. The summed E-state index contributed by atoms with van der Waals surface area (Å²) in [7, 11) is 3.16. The number of pyridine rings is 2. The van der Waals surface area contributed by atoms with Crippen molar-refractivity contribution in [1.29, 1.82) is 0 Å². The van der Waals surface area contributed by atoms with Crippen LogP contribution in [0.5, 0.6) is 11.5 Å². The summed E-state index contributed by atoms with van der Waals surface area (Å²) in [6.07, 6.45) is 3.18. The number of nitrogens with two attached hydrogens (primary N) is 2.